The van der Waals surface area contributed by atoms with Gasteiger partial charge < -0.3 is 4.74 Å². The minimum Gasteiger partial charge on any atom is -0.492 e. The number of para-hydroxylation sites is 1. The molecule has 0 saturated heterocycles. The van der Waals surface area contributed by atoms with Gasteiger partial charge in [-0.2, -0.15) is 5.10 Å². The number of carbonyl (C=O) groups excluding carboxylic acids is 1. The van der Waals surface area contributed by atoms with Gasteiger partial charge in [0.25, 0.3) is 0 Å². The Kier molecular flexibility index (Phi) is 4.00. The van der Waals surface area contributed by atoms with Crippen molar-refractivity contribution in [2.24, 2.45) is 0 Å². The molecule has 100 valence electrons. The smallest absolute Gasteiger partial charge is 0.153 e. The Labute approximate surface area is 113 Å². The van der Waals surface area contributed by atoms with E-state index in [9.17, 15) is 4.79 Å². The number of aldehydes is 1. The lowest BCUT2D eigenvalue weighted by Crippen LogP contribution is -2.06. The van der Waals surface area contributed by atoms with Crippen LogP contribution in [0.15, 0.2) is 30.5 Å². The van der Waals surface area contributed by atoms with Crippen LogP contribution in [0.3, 0.4) is 0 Å². The summed E-state index contributed by atoms with van der Waals surface area (Å²) in [5, 5.41) is 4.32. The number of aromatic nitrogens is 2. The van der Waals surface area contributed by atoms with E-state index in [1.807, 2.05) is 29.8 Å². The number of carbonyl (C=O) groups is 1. The third-order valence-electron chi connectivity index (χ3n) is 2.90. The maximum Gasteiger partial charge on any atom is 0.153 e. The monoisotopic (exact) mass is 258 g/mol. The molecule has 4 heteroatoms. The van der Waals surface area contributed by atoms with E-state index >= 15 is 0 Å². The number of hydrogen-bond donors (Lipinski definition) is 0. The van der Waals surface area contributed by atoms with Crippen LogP contribution < -0.4 is 4.74 Å². The van der Waals surface area contributed by atoms with Gasteiger partial charge in [0.2, 0.25) is 0 Å². The average Bonchev–Trinajstić information content (AvgIpc) is 2.88. The first kappa shape index (κ1) is 13.3. The average molecular weight is 258 g/mol. The highest BCUT2D eigenvalue weighted by molar-refractivity contribution is 5.85. The second-order valence-corrected chi connectivity index (χ2v) is 4.53. The standard InChI is InChI=1S/C15H18N2O2/c1-4-19-15-12(10-18)6-5-7-13(15)14-8-9-16-17(14)11(2)3/h5-11H,4H2,1-3H3. The maximum atomic E-state index is 11.1. The van der Waals surface area contributed by atoms with E-state index in [0.29, 0.717) is 17.9 Å². The summed E-state index contributed by atoms with van der Waals surface area (Å²) in [6.45, 7) is 6.57. The molecule has 1 aromatic carbocycles. The summed E-state index contributed by atoms with van der Waals surface area (Å²) in [6.07, 6.45) is 2.59. The molecule has 0 N–H and O–H groups in total. The van der Waals surface area contributed by atoms with Gasteiger partial charge in [0.15, 0.2) is 6.29 Å². The Bertz CT molecular complexity index is 573. The van der Waals surface area contributed by atoms with Crippen LogP contribution in [0.1, 0.15) is 37.2 Å². The van der Waals surface area contributed by atoms with E-state index in [2.05, 4.69) is 18.9 Å². The summed E-state index contributed by atoms with van der Waals surface area (Å²) >= 11 is 0. The Morgan fingerprint density at radius 2 is 2.16 bits per heavy atom. The quantitative estimate of drug-likeness (QED) is 0.772. The number of nitrogens with zero attached hydrogens (tertiary/aromatic N) is 2. The van der Waals surface area contributed by atoms with Gasteiger partial charge in [-0.1, -0.05) is 6.07 Å². The molecule has 0 aliphatic heterocycles. The van der Waals surface area contributed by atoms with Crippen molar-refractivity contribution < 1.29 is 9.53 Å². The van der Waals surface area contributed by atoms with Gasteiger partial charge in [0.05, 0.1) is 17.9 Å². The fraction of sp³-hybridized carbons (Fsp3) is 0.333. The third kappa shape index (κ3) is 2.52. The molecule has 0 aliphatic rings. The molecule has 2 rings (SSSR count). The van der Waals surface area contributed by atoms with Crippen molar-refractivity contribution >= 4 is 6.29 Å². The predicted octanol–water partition coefficient (Wildman–Crippen LogP) is 3.34. The zero-order valence-electron chi connectivity index (χ0n) is 11.5. The summed E-state index contributed by atoms with van der Waals surface area (Å²) in [4.78, 5) is 11.1. The number of rotatable bonds is 5. The summed E-state index contributed by atoms with van der Waals surface area (Å²) in [5.41, 5.74) is 2.43. The van der Waals surface area contributed by atoms with Crippen molar-refractivity contribution in [3.8, 4) is 17.0 Å². The van der Waals surface area contributed by atoms with Crippen LogP contribution in [0.5, 0.6) is 5.75 Å². The summed E-state index contributed by atoms with van der Waals surface area (Å²) in [6, 6.07) is 7.76. The first-order valence-corrected chi connectivity index (χ1v) is 6.44. The SMILES string of the molecule is CCOc1c(C=O)cccc1-c1ccnn1C(C)C. The van der Waals surface area contributed by atoms with E-state index in [1.165, 1.54) is 0 Å². The number of hydrogen-bond acceptors (Lipinski definition) is 3. The van der Waals surface area contributed by atoms with Crippen LogP contribution in [-0.2, 0) is 0 Å². The number of ether oxygens (including phenoxy) is 1. The fourth-order valence-electron chi connectivity index (χ4n) is 2.09. The second kappa shape index (κ2) is 5.69. The molecule has 2 aromatic rings. The van der Waals surface area contributed by atoms with Gasteiger partial charge in [-0.15, -0.1) is 0 Å². The Balaban J connectivity index is 2.61. The molecular weight excluding hydrogens is 240 g/mol. The van der Waals surface area contributed by atoms with E-state index < -0.39 is 0 Å². The van der Waals surface area contributed by atoms with Crippen LogP contribution in [-0.4, -0.2) is 22.7 Å². The van der Waals surface area contributed by atoms with Crippen molar-refractivity contribution in [1.29, 1.82) is 0 Å². The third-order valence-corrected chi connectivity index (χ3v) is 2.90. The fourth-order valence-corrected chi connectivity index (χ4v) is 2.09. The second-order valence-electron chi connectivity index (χ2n) is 4.53. The molecule has 4 nitrogen and oxygen atoms in total. The topological polar surface area (TPSA) is 44.1 Å². The lowest BCUT2D eigenvalue weighted by molar-refractivity contribution is 0.112. The number of benzene rings is 1. The molecule has 0 amide bonds. The van der Waals surface area contributed by atoms with E-state index in [-0.39, 0.29) is 6.04 Å². The summed E-state index contributed by atoms with van der Waals surface area (Å²) in [7, 11) is 0. The first-order chi connectivity index (χ1) is 9.19. The van der Waals surface area contributed by atoms with E-state index in [0.717, 1.165) is 17.5 Å². The van der Waals surface area contributed by atoms with Crippen LogP contribution in [0.2, 0.25) is 0 Å². The zero-order chi connectivity index (χ0) is 13.8. The van der Waals surface area contributed by atoms with Gasteiger partial charge in [-0.3, -0.25) is 9.48 Å². The van der Waals surface area contributed by atoms with Crippen LogP contribution in [0, 0.1) is 0 Å². The van der Waals surface area contributed by atoms with Gasteiger partial charge >= 0.3 is 0 Å². The van der Waals surface area contributed by atoms with Crippen LogP contribution >= 0.6 is 0 Å². The van der Waals surface area contributed by atoms with Crippen molar-refractivity contribution in [2.45, 2.75) is 26.8 Å². The molecule has 0 spiro atoms. The van der Waals surface area contributed by atoms with Gasteiger partial charge in [0, 0.05) is 17.8 Å². The van der Waals surface area contributed by atoms with Crippen molar-refractivity contribution in [3.05, 3.63) is 36.0 Å². The molecule has 0 saturated carbocycles. The predicted molar refractivity (Wildman–Crippen MR) is 74.6 cm³/mol. The van der Waals surface area contributed by atoms with Gasteiger partial charge in [-0.25, -0.2) is 0 Å². The summed E-state index contributed by atoms with van der Waals surface area (Å²) < 4.78 is 7.57. The lowest BCUT2D eigenvalue weighted by atomic mass is 10.1. The van der Waals surface area contributed by atoms with Crippen molar-refractivity contribution in [1.82, 2.24) is 9.78 Å². The molecule has 19 heavy (non-hydrogen) atoms. The lowest BCUT2D eigenvalue weighted by Gasteiger charge is -2.15. The Hall–Kier alpha value is -2.10. The normalized spacial score (nSPS) is 10.7. The largest absolute Gasteiger partial charge is 0.492 e. The molecule has 0 unspecified atom stereocenters. The maximum absolute atomic E-state index is 11.1. The molecule has 0 fully saturated rings. The minimum absolute atomic E-state index is 0.249. The highest BCUT2D eigenvalue weighted by Crippen LogP contribution is 2.33. The van der Waals surface area contributed by atoms with Crippen LogP contribution in [0.25, 0.3) is 11.3 Å². The molecule has 0 aliphatic carbocycles. The first-order valence-electron chi connectivity index (χ1n) is 6.44. The molecule has 0 radical (unpaired) electrons. The van der Waals surface area contributed by atoms with Crippen LogP contribution in [0.4, 0.5) is 0 Å². The molecule has 1 heterocycles. The van der Waals surface area contributed by atoms with E-state index in [4.69, 9.17) is 4.74 Å². The summed E-state index contributed by atoms with van der Waals surface area (Å²) in [5.74, 6) is 0.627. The van der Waals surface area contributed by atoms with Gasteiger partial charge in [0.1, 0.15) is 5.75 Å². The Morgan fingerprint density at radius 3 is 2.79 bits per heavy atom. The van der Waals surface area contributed by atoms with Crippen molar-refractivity contribution in [3.63, 3.8) is 0 Å². The van der Waals surface area contributed by atoms with E-state index in [1.54, 1.807) is 12.3 Å². The van der Waals surface area contributed by atoms with Crippen molar-refractivity contribution in [2.75, 3.05) is 6.61 Å². The molecule has 0 bridgehead atoms. The highest BCUT2D eigenvalue weighted by atomic mass is 16.5. The molecule has 0 atom stereocenters. The highest BCUT2D eigenvalue weighted by Gasteiger charge is 2.15. The van der Waals surface area contributed by atoms with Gasteiger partial charge in [-0.05, 0) is 39.0 Å². The molecular formula is C15H18N2O2. The molecule has 1 aromatic heterocycles. The minimum atomic E-state index is 0.249. The Morgan fingerprint density at radius 1 is 1.37 bits per heavy atom. The zero-order valence-corrected chi connectivity index (χ0v) is 11.5.